The van der Waals surface area contributed by atoms with Gasteiger partial charge in [-0.3, -0.25) is 0 Å². The van der Waals surface area contributed by atoms with Crippen molar-refractivity contribution in [2.75, 3.05) is 6.61 Å². The molecule has 0 saturated carbocycles. The lowest BCUT2D eigenvalue weighted by Crippen LogP contribution is -2.05. The van der Waals surface area contributed by atoms with Crippen molar-refractivity contribution in [2.45, 2.75) is 27.7 Å². The van der Waals surface area contributed by atoms with Crippen LogP contribution in [0.3, 0.4) is 0 Å². The normalized spacial score (nSPS) is 12.1. The molecule has 2 aromatic carbocycles. The van der Waals surface area contributed by atoms with Gasteiger partial charge in [-0.2, -0.15) is 0 Å². The van der Waals surface area contributed by atoms with Crippen LogP contribution in [0.2, 0.25) is 0 Å². The summed E-state index contributed by atoms with van der Waals surface area (Å²) in [5.74, 6) is -0.278. The monoisotopic (exact) mass is 308 g/mol. The van der Waals surface area contributed by atoms with E-state index >= 15 is 0 Å². The van der Waals surface area contributed by atoms with Gasteiger partial charge in [0.25, 0.3) is 0 Å². The predicted octanol–water partition coefficient (Wildman–Crippen LogP) is 5.34. The summed E-state index contributed by atoms with van der Waals surface area (Å²) in [4.78, 5) is 11.8. The molecule has 2 aromatic rings. The Labute approximate surface area is 138 Å². The lowest BCUT2D eigenvalue weighted by Gasteiger charge is -2.17. The zero-order chi connectivity index (χ0) is 16.9. The van der Waals surface area contributed by atoms with Gasteiger partial charge < -0.3 is 4.74 Å². The molecule has 2 rings (SSSR count). The first-order valence-electron chi connectivity index (χ1n) is 7.96. The third-order valence-electron chi connectivity index (χ3n) is 3.37. The summed E-state index contributed by atoms with van der Waals surface area (Å²) in [6.07, 6.45) is 2.27. The average Bonchev–Trinajstić information content (AvgIpc) is 2.53. The maximum absolute atomic E-state index is 11.8. The molecule has 2 heteroatoms. The Morgan fingerprint density at radius 3 is 1.96 bits per heavy atom. The first kappa shape index (κ1) is 17.0. The minimum Gasteiger partial charge on any atom is -0.462 e. The van der Waals surface area contributed by atoms with E-state index < -0.39 is 0 Å². The summed E-state index contributed by atoms with van der Waals surface area (Å²) in [6, 6.07) is 17.9. The van der Waals surface area contributed by atoms with Crippen LogP contribution in [0.25, 0.3) is 5.57 Å². The van der Waals surface area contributed by atoms with Crippen molar-refractivity contribution in [3.8, 4) is 0 Å². The number of ether oxygens (including phenoxy) is 1. The van der Waals surface area contributed by atoms with Crippen molar-refractivity contribution in [3.05, 3.63) is 77.4 Å². The topological polar surface area (TPSA) is 26.3 Å². The van der Waals surface area contributed by atoms with E-state index in [9.17, 15) is 4.79 Å². The van der Waals surface area contributed by atoms with E-state index in [1.165, 1.54) is 11.1 Å². The second kappa shape index (κ2) is 7.28. The molecule has 0 saturated heterocycles. The zero-order valence-electron chi connectivity index (χ0n) is 14.3. The summed E-state index contributed by atoms with van der Waals surface area (Å²) >= 11 is 0. The van der Waals surface area contributed by atoms with Crippen molar-refractivity contribution >= 4 is 11.5 Å². The average molecular weight is 308 g/mol. The molecule has 0 heterocycles. The number of rotatable bonds is 4. The standard InChI is InChI=1S/C21H24O2/c1-5-23-20(22)18-13-11-17(12-14-18)19(15-21(2,3)4)16-9-7-6-8-10-16/h6-15H,5H2,1-4H3/b19-15+. The van der Waals surface area contributed by atoms with E-state index in [4.69, 9.17) is 4.74 Å². The zero-order valence-corrected chi connectivity index (χ0v) is 14.3. The van der Waals surface area contributed by atoms with Gasteiger partial charge in [0.15, 0.2) is 0 Å². The molecular weight excluding hydrogens is 284 g/mol. The summed E-state index contributed by atoms with van der Waals surface area (Å²) in [5, 5.41) is 0. The molecule has 0 aliphatic heterocycles. The minimum atomic E-state index is -0.278. The third-order valence-corrected chi connectivity index (χ3v) is 3.37. The summed E-state index contributed by atoms with van der Waals surface area (Å²) < 4.78 is 5.04. The number of allylic oxidation sites excluding steroid dienone is 1. The lowest BCUT2D eigenvalue weighted by atomic mass is 9.87. The van der Waals surface area contributed by atoms with Crippen LogP contribution in [0.1, 0.15) is 49.2 Å². The second-order valence-corrected chi connectivity index (χ2v) is 6.59. The van der Waals surface area contributed by atoms with Crippen LogP contribution < -0.4 is 0 Å². The molecule has 2 nitrogen and oxygen atoms in total. The Bertz CT molecular complexity index is 674. The predicted molar refractivity (Wildman–Crippen MR) is 95.4 cm³/mol. The van der Waals surface area contributed by atoms with Gasteiger partial charge in [0.1, 0.15) is 0 Å². The molecule has 0 bridgehead atoms. The van der Waals surface area contributed by atoms with Gasteiger partial charge in [-0.05, 0) is 41.2 Å². The van der Waals surface area contributed by atoms with Gasteiger partial charge >= 0.3 is 5.97 Å². The van der Waals surface area contributed by atoms with Crippen LogP contribution in [-0.4, -0.2) is 12.6 Å². The molecule has 0 radical (unpaired) electrons. The number of esters is 1. The van der Waals surface area contributed by atoms with E-state index in [2.05, 4.69) is 39.0 Å². The molecule has 0 unspecified atom stereocenters. The summed E-state index contributed by atoms with van der Waals surface area (Å²) in [5.41, 5.74) is 4.09. The van der Waals surface area contributed by atoms with Gasteiger partial charge in [-0.25, -0.2) is 4.79 Å². The minimum absolute atomic E-state index is 0.0605. The Morgan fingerprint density at radius 1 is 0.913 bits per heavy atom. The van der Waals surface area contributed by atoms with E-state index in [0.29, 0.717) is 12.2 Å². The molecule has 0 N–H and O–H groups in total. The summed E-state index contributed by atoms with van der Waals surface area (Å²) in [7, 11) is 0. The maximum atomic E-state index is 11.8. The van der Waals surface area contributed by atoms with Crippen LogP contribution in [0.5, 0.6) is 0 Å². The molecule has 0 spiro atoms. The molecule has 23 heavy (non-hydrogen) atoms. The highest BCUT2D eigenvalue weighted by Crippen LogP contribution is 2.29. The molecule has 0 aromatic heterocycles. The van der Waals surface area contributed by atoms with Crippen molar-refractivity contribution in [3.63, 3.8) is 0 Å². The smallest absolute Gasteiger partial charge is 0.338 e. The Balaban J connectivity index is 2.41. The van der Waals surface area contributed by atoms with E-state index in [1.807, 2.05) is 49.4 Å². The second-order valence-electron chi connectivity index (χ2n) is 6.59. The fourth-order valence-corrected chi connectivity index (χ4v) is 2.38. The fraction of sp³-hybridized carbons (Fsp3) is 0.286. The Hall–Kier alpha value is -2.35. The highest BCUT2D eigenvalue weighted by molar-refractivity contribution is 5.90. The molecule has 120 valence electrons. The molecular formula is C21H24O2. The number of benzene rings is 2. The van der Waals surface area contributed by atoms with Crippen molar-refractivity contribution in [1.82, 2.24) is 0 Å². The fourth-order valence-electron chi connectivity index (χ4n) is 2.38. The van der Waals surface area contributed by atoms with Gasteiger partial charge in [0, 0.05) is 0 Å². The molecule has 0 fully saturated rings. The van der Waals surface area contributed by atoms with Crippen LogP contribution in [0.4, 0.5) is 0 Å². The van der Waals surface area contributed by atoms with Crippen molar-refractivity contribution in [2.24, 2.45) is 5.41 Å². The van der Waals surface area contributed by atoms with Gasteiger partial charge in [-0.1, -0.05) is 69.3 Å². The Morgan fingerprint density at radius 2 is 1.43 bits per heavy atom. The first-order valence-corrected chi connectivity index (χ1v) is 7.96. The molecule has 0 aliphatic rings. The number of hydrogen-bond acceptors (Lipinski definition) is 2. The van der Waals surface area contributed by atoms with Crippen molar-refractivity contribution in [1.29, 1.82) is 0 Å². The molecule has 0 amide bonds. The quantitative estimate of drug-likeness (QED) is 0.712. The highest BCUT2D eigenvalue weighted by Gasteiger charge is 2.13. The summed E-state index contributed by atoms with van der Waals surface area (Å²) in [6.45, 7) is 8.75. The number of carbonyl (C=O) groups is 1. The number of carbonyl (C=O) groups excluding carboxylic acids is 1. The first-order chi connectivity index (χ1) is 10.9. The van der Waals surface area contributed by atoms with E-state index in [0.717, 1.165) is 5.56 Å². The third kappa shape index (κ3) is 4.82. The van der Waals surface area contributed by atoms with Crippen LogP contribution in [0, 0.1) is 5.41 Å². The lowest BCUT2D eigenvalue weighted by molar-refractivity contribution is 0.0526. The van der Waals surface area contributed by atoms with Crippen LogP contribution in [-0.2, 0) is 4.74 Å². The SMILES string of the molecule is CCOC(=O)c1ccc(/C(=C/C(C)(C)C)c2ccccc2)cc1. The number of hydrogen-bond donors (Lipinski definition) is 0. The van der Waals surface area contributed by atoms with Gasteiger partial charge in [0.05, 0.1) is 12.2 Å². The van der Waals surface area contributed by atoms with Crippen molar-refractivity contribution < 1.29 is 9.53 Å². The maximum Gasteiger partial charge on any atom is 0.338 e. The Kier molecular flexibility index (Phi) is 5.38. The van der Waals surface area contributed by atoms with E-state index in [-0.39, 0.29) is 11.4 Å². The van der Waals surface area contributed by atoms with Gasteiger partial charge in [-0.15, -0.1) is 0 Å². The largest absolute Gasteiger partial charge is 0.462 e. The highest BCUT2D eigenvalue weighted by atomic mass is 16.5. The molecule has 0 atom stereocenters. The van der Waals surface area contributed by atoms with Crippen LogP contribution in [0.15, 0.2) is 60.7 Å². The molecule has 0 aliphatic carbocycles. The van der Waals surface area contributed by atoms with Crippen LogP contribution >= 0.6 is 0 Å². The van der Waals surface area contributed by atoms with Gasteiger partial charge in [0.2, 0.25) is 0 Å². The van der Waals surface area contributed by atoms with E-state index in [1.54, 1.807) is 0 Å².